The number of carbonyl (C=O) groups is 1. The summed E-state index contributed by atoms with van der Waals surface area (Å²) in [7, 11) is 0. The van der Waals surface area contributed by atoms with Crippen molar-refractivity contribution in [1.29, 1.82) is 0 Å². The minimum atomic E-state index is 0.00154. The van der Waals surface area contributed by atoms with Crippen molar-refractivity contribution in [1.82, 2.24) is 19.9 Å². The fourth-order valence-electron chi connectivity index (χ4n) is 2.84. The predicted molar refractivity (Wildman–Crippen MR) is 88.3 cm³/mol. The molecule has 1 amide bonds. The van der Waals surface area contributed by atoms with E-state index in [-0.39, 0.29) is 5.91 Å². The largest absolute Gasteiger partial charge is 0.339 e. The number of aromatic nitrogens is 3. The van der Waals surface area contributed by atoms with E-state index < -0.39 is 0 Å². The number of amides is 1. The lowest BCUT2D eigenvalue weighted by Crippen LogP contribution is -2.38. The standard InChI is InChI=1S/C17H19N5O/c1-2-17(23)22-9-3-4-14(12-22)13-5-6-19-15(10-13)21-16-11-18-7-8-20-16/h2,5-8,10-11,14H,1,3-4,9,12H2,(H,19,20,21)/t14-/m0/s1. The van der Waals surface area contributed by atoms with Gasteiger partial charge in [0.15, 0.2) is 0 Å². The third-order valence-corrected chi connectivity index (χ3v) is 3.98. The summed E-state index contributed by atoms with van der Waals surface area (Å²) in [5.41, 5.74) is 1.17. The molecule has 6 nitrogen and oxygen atoms in total. The zero-order valence-corrected chi connectivity index (χ0v) is 12.9. The van der Waals surface area contributed by atoms with Crippen molar-refractivity contribution in [3.05, 3.63) is 55.1 Å². The summed E-state index contributed by atoms with van der Waals surface area (Å²) in [6, 6.07) is 4.02. The number of piperidine rings is 1. The summed E-state index contributed by atoms with van der Waals surface area (Å²) >= 11 is 0. The van der Waals surface area contributed by atoms with Gasteiger partial charge in [-0.1, -0.05) is 6.58 Å². The summed E-state index contributed by atoms with van der Waals surface area (Å²) < 4.78 is 0. The number of anilines is 2. The normalized spacial score (nSPS) is 17.6. The zero-order chi connectivity index (χ0) is 16.1. The maximum Gasteiger partial charge on any atom is 0.245 e. The Morgan fingerprint density at radius 2 is 2.17 bits per heavy atom. The van der Waals surface area contributed by atoms with Gasteiger partial charge in [0, 0.05) is 37.6 Å². The fraction of sp³-hybridized carbons (Fsp3) is 0.294. The molecule has 1 atom stereocenters. The first kappa shape index (κ1) is 15.1. The number of likely N-dealkylation sites (tertiary alicyclic amines) is 1. The number of carbonyl (C=O) groups excluding carboxylic acids is 1. The van der Waals surface area contributed by atoms with Crippen LogP contribution < -0.4 is 5.32 Å². The van der Waals surface area contributed by atoms with Crippen LogP contribution in [0.4, 0.5) is 11.6 Å². The molecule has 0 aliphatic carbocycles. The molecule has 2 aromatic heterocycles. The zero-order valence-electron chi connectivity index (χ0n) is 12.9. The van der Waals surface area contributed by atoms with Crippen molar-refractivity contribution in [3.63, 3.8) is 0 Å². The lowest BCUT2D eigenvalue weighted by Gasteiger charge is -2.32. The highest BCUT2D eigenvalue weighted by Crippen LogP contribution is 2.28. The van der Waals surface area contributed by atoms with Crippen molar-refractivity contribution >= 4 is 17.5 Å². The SMILES string of the molecule is C=CC(=O)N1CCC[C@H](c2ccnc(Nc3cnccn3)c2)C1. The van der Waals surface area contributed by atoms with Crippen LogP contribution in [0, 0.1) is 0 Å². The molecule has 1 saturated heterocycles. The van der Waals surface area contributed by atoms with Crippen molar-refractivity contribution in [2.24, 2.45) is 0 Å². The third-order valence-electron chi connectivity index (χ3n) is 3.98. The molecule has 6 heteroatoms. The summed E-state index contributed by atoms with van der Waals surface area (Å²) in [5.74, 6) is 1.71. The first-order chi connectivity index (χ1) is 11.3. The van der Waals surface area contributed by atoms with E-state index in [0.717, 1.165) is 31.7 Å². The second-order valence-corrected chi connectivity index (χ2v) is 5.52. The van der Waals surface area contributed by atoms with E-state index in [9.17, 15) is 4.79 Å². The highest BCUT2D eigenvalue weighted by Gasteiger charge is 2.23. The topological polar surface area (TPSA) is 71.0 Å². The average Bonchev–Trinajstić information content (AvgIpc) is 2.62. The molecule has 0 aromatic carbocycles. The van der Waals surface area contributed by atoms with Gasteiger partial charge in [-0.25, -0.2) is 9.97 Å². The van der Waals surface area contributed by atoms with Crippen LogP contribution in [0.25, 0.3) is 0 Å². The van der Waals surface area contributed by atoms with Crippen molar-refractivity contribution in [2.45, 2.75) is 18.8 Å². The Bertz CT molecular complexity index is 688. The highest BCUT2D eigenvalue weighted by atomic mass is 16.2. The fourth-order valence-corrected chi connectivity index (χ4v) is 2.84. The summed E-state index contributed by atoms with van der Waals surface area (Å²) in [6.45, 7) is 5.09. The first-order valence-corrected chi connectivity index (χ1v) is 7.66. The van der Waals surface area contributed by atoms with Crippen LogP contribution >= 0.6 is 0 Å². The number of pyridine rings is 1. The van der Waals surface area contributed by atoms with E-state index >= 15 is 0 Å². The van der Waals surface area contributed by atoms with E-state index in [1.165, 1.54) is 11.6 Å². The Balaban J connectivity index is 1.74. The number of nitrogens with one attached hydrogen (secondary N) is 1. The second kappa shape index (κ2) is 7.00. The van der Waals surface area contributed by atoms with Crippen LogP contribution in [0.1, 0.15) is 24.3 Å². The average molecular weight is 309 g/mol. The highest BCUT2D eigenvalue weighted by molar-refractivity contribution is 5.87. The van der Waals surface area contributed by atoms with Crippen LogP contribution in [0.2, 0.25) is 0 Å². The van der Waals surface area contributed by atoms with Gasteiger partial charge in [0.25, 0.3) is 0 Å². The molecule has 0 radical (unpaired) electrons. The van der Waals surface area contributed by atoms with Gasteiger partial charge in [0.05, 0.1) is 6.20 Å². The van der Waals surface area contributed by atoms with Gasteiger partial charge in [0.2, 0.25) is 5.91 Å². The smallest absolute Gasteiger partial charge is 0.245 e. The summed E-state index contributed by atoms with van der Waals surface area (Å²) in [4.78, 5) is 26.2. The molecule has 118 valence electrons. The molecule has 2 aromatic rings. The molecule has 1 aliphatic heterocycles. The minimum Gasteiger partial charge on any atom is -0.339 e. The molecule has 0 unspecified atom stereocenters. The van der Waals surface area contributed by atoms with Crippen molar-refractivity contribution in [3.8, 4) is 0 Å². The maximum atomic E-state index is 11.8. The Morgan fingerprint density at radius 3 is 2.96 bits per heavy atom. The lowest BCUT2D eigenvalue weighted by atomic mass is 9.91. The third kappa shape index (κ3) is 3.71. The second-order valence-electron chi connectivity index (χ2n) is 5.52. The molecule has 3 rings (SSSR count). The van der Waals surface area contributed by atoms with Gasteiger partial charge >= 0.3 is 0 Å². The van der Waals surface area contributed by atoms with Crippen LogP contribution in [0.3, 0.4) is 0 Å². The number of hydrogen-bond acceptors (Lipinski definition) is 5. The van der Waals surface area contributed by atoms with Gasteiger partial charge in [-0.15, -0.1) is 0 Å². The number of hydrogen-bond donors (Lipinski definition) is 1. The van der Waals surface area contributed by atoms with E-state index in [1.807, 2.05) is 17.0 Å². The van der Waals surface area contributed by atoms with Crippen LogP contribution in [0.15, 0.2) is 49.6 Å². The lowest BCUT2D eigenvalue weighted by molar-refractivity contribution is -0.127. The van der Waals surface area contributed by atoms with Crippen molar-refractivity contribution < 1.29 is 4.79 Å². The molecule has 1 aliphatic rings. The summed E-state index contributed by atoms with van der Waals surface area (Å²) in [5, 5.41) is 3.15. The Hall–Kier alpha value is -2.76. The predicted octanol–water partition coefficient (Wildman–Crippen LogP) is 2.51. The first-order valence-electron chi connectivity index (χ1n) is 7.66. The van der Waals surface area contributed by atoms with Crippen molar-refractivity contribution in [2.75, 3.05) is 18.4 Å². The van der Waals surface area contributed by atoms with Crippen LogP contribution in [-0.4, -0.2) is 38.8 Å². The Labute approximate surface area is 135 Å². The van der Waals surface area contributed by atoms with Crippen LogP contribution in [0.5, 0.6) is 0 Å². The number of rotatable bonds is 4. The molecular weight excluding hydrogens is 290 g/mol. The van der Waals surface area contributed by atoms with E-state index in [4.69, 9.17) is 0 Å². The monoisotopic (exact) mass is 309 g/mol. The van der Waals surface area contributed by atoms with Gasteiger partial charge < -0.3 is 10.2 Å². The van der Waals surface area contributed by atoms with Gasteiger partial charge in [-0.2, -0.15) is 0 Å². The van der Waals surface area contributed by atoms with E-state index in [2.05, 4.69) is 26.8 Å². The molecule has 1 N–H and O–H groups in total. The molecule has 3 heterocycles. The minimum absolute atomic E-state index is 0.00154. The van der Waals surface area contributed by atoms with E-state index in [0.29, 0.717) is 11.7 Å². The van der Waals surface area contributed by atoms with E-state index in [1.54, 1.807) is 24.8 Å². The van der Waals surface area contributed by atoms with Gasteiger partial charge in [-0.3, -0.25) is 9.78 Å². The number of nitrogens with zero attached hydrogens (tertiary/aromatic N) is 4. The quantitative estimate of drug-likeness (QED) is 0.879. The molecule has 0 spiro atoms. The van der Waals surface area contributed by atoms with Gasteiger partial charge in [-0.05, 0) is 36.6 Å². The summed E-state index contributed by atoms with van der Waals surface area (Å²) in [6.07, 6.45) is 10.1. The molecule has 23 heavy (non-hydrogen) atoms. The Kier molecular flexibility index (Phi) is 4.61. The van der Waals surface area contributed by atoms with Gasteiger partial charge in [0.1, 0.15) is 11.6 Å². The Morgan fingerprint density at radius 1 is 1.30 bits per heavy atom. The molecule has 1 fully saturated rings. The van der Waals surface area contributed by atoms with Crippen LogP contribution in [-0.2, 0) is 4.79 Å². The molecule has 0 bridgehead atoms. The molecular formula is C17H19N5O. The molecule has 0 saturated carbocycles. The maximum absolute atomic E-state index is 11.8.